The average molecular weight is 345 g/mol. The van der Waals surface area contributed by atoms with E-state index < -0.39 is 23.5 Å². The zero-order valence-electron chi connectivity index (χ0n) is 14.4. The van der Waals surface area contributed by atoms with Gasteiger partial charge in [-0.25, -0.2) is 4.39 Å². The molecule has 1 aromatic heterocycles. The van der Waals surface area contributed by atoms with E-state index in [-0.39, 0.29) is 0 Å². The normalized spacial score (nSPS) is 16.6. The van der Waals surface area contributed by atoms with Gasteiger partial charge in [0.15, 0.2) is 0 Å². The molecule has 1 aromatic carbocycles. The van der Waals surface area contributed by atoms with Gasteiger partial charge in [0.1, 0.15) is 11.6 Å². The molecule has 0 saturated carbocycles. The maximum atomic E-state index is 13.6. The molecule has 0 radical (unpaired) electrons. The minimum Gasteiger partial charge on any atom is -0.493 e. The van der Waals surface area contributed by atoms with Gasteiger partial charge in [-0.3, -0.25) is 14.3 Å². The fourth-order valence-electron chi connectivity index (χ4n) is 3.14. The van der Waals surface area contributed by atoms with Crippen LogP contribution in [0.5, 0.6) is 5.75 Å². The van der Waals surface area contributed by atoms with Crippen molar-refractivity contribution in [2.45, 2.75) is 32.7 Å². The Kier molecular flexibility index (Phi) is 4.57. The molecule has 0 aliphatic carbocycles. The SMILES string of the molecule is Cc1nn(C)c(C)c1C(=O)C(=O)N[C@@H]1CCCOc2ccc(F)cc21. The number of halogens is 1. The van der Waals surface area contributed by atoms with E-state index in [0.717, 1.165) is 0 Å². The molecule has 0 saturated heterocycles. The molecule has 1 aliphatic rings. The van der Waals surface area contributed by atoms with Crippen molar-refractivity contribution in [1.29, 1.82) is 0 Å². The quantitative estimate of drug-likeness (QED) is 0.685. The lowest BCUT2D eigenvalue weighted by Gasteiger charge is -2.18. The van der Waals surface area contributed by atoms with E-state index in [4.69, 9.17) is 4.74 Å². The molecule has 2 aromatic rings. The van der Waals surface area contributed by atoms with Crippen molar-refractivity contribution in [3.05, 3.63) is 46.5 Å². The van der Waals surface area contributed by atoms with Crippen LogP contribution in [0.25, 0.3) is 0 Å². The molecule has 1 amide bonds. The first kappa shape index (κ1) is 17.1. The number of fused-ring (bicyclic) bond motifs is 1. The molecule has 0 spiro atoms. The molecule has 7 heteroatoms. The number of hydrogen-bond donors (Lipinski definition) is 1. The number of amides is 1. The average Bonchev–Trinajstić information content (AvgIpc) is 2.73. The number of carbonyl (C=O) groups is 2. The summed E-state index contributed by atoms with van der Waals surface area (Å²) in [5, 5.41) is 6.90. The van der Waals surface area contributed by atoms with Gasteiger partial charge in [0, 0.05) is 18.3 Å². The molecule has 6 nitrogen and oxygen atoms in total. The van der Waals surface area contributed by atoms with Gasteiger partial charge < -0.3 is 10.1 Å². The van der Waals surface area contributed by atoms with E-state index in [2.05, 4.69) is 10.4 Å². The minimum atomic E-state index is -0.721. The number of Topliss-reactive ketones (excluding diaryl/α,β-unsaturated/α-hetero) is 1. The first-order valence-electron chi connectivity index (χ1n) is 8.16. The smallest absolute Gasteiger partial charge is 0.293 e. The second kappa shape index (κ2) is 6.66. The second-order valence-corrected chi connectivity index (χ2v) is 6.20. The first-order valence-corrected chi connectivity index (χ1v) is 8.16. The van der Waals surface area contributed by atoms with Crippen LogP contribution in [-0.4, -0.2) is 28.1 Å². The van der Waals surface area contributed by atoms with Gasteiger partial charge in [0.05, 0.1) is 23.9 Å². The van der Waals surface area contributed by atoms with Crippen molar-refractivity contribution in [2.75, 3.05) is 6.61 Å². The fraction of sp³-hybridized carbons (Fsp3) is 0.389. The minimum absolute atomic E-state index is 0.310. The van der Waals surface area contributed by atoms with Crippen molar-refractivity contribution in [1.82, 2.24) is 15.1 Å². The predicted octanol–water partition coefficient (Wildman–Crippen LogP) is 2.39. The maximum Gasteiger partial charge on any atom is 0.293 e. The van der Waals surface area contributed by atoms with Crippen molar-refractivity contribution < 1.29 is 18.7 Å². The number of nitrogens with zero attached hydrogens (tertiary/aromatic N) is 2. The Morgan fingerprint density at radius 1 is 1.36 bits per heavy atom. The molecular formula is C18H20FN3O3. The highest BCUT2D eigenvalue weighted by Crippen LogP contribution is 2.32. The van der Waals surface area contributed by atoms with E-state index in [0.29, 0.717) is 47.7 Å². The zero-order chi connectivity index (χ0) is 18.1. The monoisotopic (exact) mass is 345 g/mol. The number of aryl methyl sites for hydroxylation is 2. The van der Waals surface area contributed by atoms with E-state index in [1.54, 1.807) is 31.6 Å². The Labute approximate surface area is 145 Å². The number of rotatable bonds is 3. The van der Waals surface area contributed by atoms with Gasteiger partial charge in [-0.15, -0.1) is 0 Å². The summed E-state index contributed by atoms with van der Waals surface area (Å²) >= 11 is 0. The number of benzene rings is 1. The summed E-state index contributed by atoms with van der Waals surface area (Å²) in [5.74, 6) is -1.23. The summed E-state index contributed by atoms with van der Waals surface area (Å²) in [6.07, 6.45) is 1.26. The van der Waals surface area contributed by atoms with Crippen molar-refractivity contribution in [2.24, 2.45) is 7.05 Å². The van der Waals surface area contributed by atoms with Gasteiger partial charge in [-0.05, 0) is 44.9 Å². The lowest BCUT2D eigenvalue weighted by Crippen LogP contribution is -2.34. The van der Waals surface area contributed by atoms with Gasteiger partial charge in [-0.2, -0.15) is 5.10 Å². The van der Waals surface area contributed by atoms with Crippen LogP contribution in [0.1, 0.15) is 46.2 Å². The number of carbonyl (C=O) groups excluding carboxylic acids is 2. The van der Waals surface area contributed by atoms with Gasteiger partial charge in [-0.1, -0.05) is 0 Å². The molecule has 0 bridgehead atoms. The lowest BCUT2D eigenvalue weighted by atomic mass is 10.0. The molecular weight excluding hydrogens is 325 g/mol. The van der Waals surface area contributed by atoms with E-state index in [1.165, 1.54) is 12.1 Å². The van der Waals surface area contributed by atoms with Crippen LogP contribution >= 0.6 is 0 Å². The largest absolute Gasteiger partial charge is 0.493 e. The topological polar surface area (TPSA) is 73.2 Å². The van der Waals surface area contributed by atoms with Gasteiger partial charge in [0.2, 0.25) is 0 Å². The molecule has 3 rings (SSSR count). The Hall–Kier alpha value is -2.70. The standard InChI is InChI=1S/C18H20FN3O3/c1-10-16(11(2)22(3)21-10)17(23)18(24)20-14-5-4-8-25-15-7-6-12(19)9-13(14)15/h6-7,9,14H,4-5,8H2,1-3H3,(H,20,24)/t14-/m1/s1. The summed E-state index contributed by atoms with van der Waals surface area (Å²) in [6.45, 7) is 3.92. The maximum absolute atomic E-state index is 13.6. The lowest BCUT2D eigenvalue weighted by molar-refractivity contribution is -0.117. The van der Waals surface area contributed by atoms with E-state index in [1.807, 2.05) is 0 Å². The summed E-state index contributed by atoms with van der Waals surface area (Å²) in [7, 11) is 1.72. The molecule has 1 aliphatic heterocycles. The van der Waals surface area contributed by atoms with Crippen LogP contribution in [0.15, 0.2) is 18.2 Å². The van der Waals surface area contributed by atoms with Gasteiger partial charge in [0.25, 0.3) is 11.7 Å². The molecule has 132 valence electrons. The molecule has 2 heterocycles. The Bertz CT molecular complexity index is 844. The Morgan fingerprint density at radius 3 is 2.80 bits per heavy atom. The van der Waals surface area contributed by atoms with Crippen LogP contribution in [0.3, 0.4) is 0 Å². The Morgan fingerprint density at radius 2 is 2.12 bits per heavy atom. The number of aromatic nitrogens is 2. The van der Waals surface area contributed by atoms with Crippen LogP contribution in [0.4, 0.5) is 4.39 Å². The highest BCUT2D eigenvalue weighted by Gasteiger charge is 2.28. The summed E-state index contributed by atoms with van der Waals surface area (Å²) in [4.78, 5) is 25.1. The summed E-state index contributed by atoms with van der Waals surface area (Å²) in [6, 6.07) is 3.74. The Balaban J connectivity index is 1.86. The number of ether oxygens (including phenoxy) is 1. The van der Waals surface area contributed by atoms with Crippen LogP contribution < -0.4 is 10.1 Å². The molecule has 1 N–H and O–H groups in total. The molecule has 0 fully saturated rings. The number of hydrogen-bond acceptors (Lipinski definition) is 4. The highest BCUT2D eigenvalue weighted by molar-refractivity contribution is 6.43. The third-order valence-electron chi connectivity index (χ3n) is 4.49. The van der Waals surface area contributed by atoms with E-state index >= 15 is 0 Å². The van der Waals surface area contributed by atoms with Gasteiger partial charge >= 0.3 is 0 Å². The number of nitrogens with one attached hydrogen (secondary N) is 1. The zero-order valence-corrected chi connectivity index (χ0v) is 14.4. The summed E-state index contributed by atoms with van der Waals surface area (Å²) < 4.78 is 20.8. The van der Waals surface area contributed by atoms with Crippen molar-refractivity contribution >= 4 is 11.7 Å². The van der Waals surface area contributed by atoms with Crippen molar-refractivity contribution in [3.63, 3.8) is 0 Å². The van der Waals surface area contributed by atoms with Crippen LogP contribution in [0, 0.1) is 19.7 Å². The number of ketones is 1. The van der Waals surface area contributed by atoms with E-state index in [9.17, 15) is 14.0 Å². The third kappa shape index (κ3) is 3.26. The van der Waals surface area contributed by atoms with Crippen LogP contribution in [0.2, 0.25) is 0 Å². The van der Waals surface area contributed by atoms with Crippen molar-refractivity contribution in [3.8, 4) is 5.75 Å². The highest BCUT2D eigenvalue weighted by atomic mass is 19.1. The summed E-state index contributed by atoms with van der Waals surface area (Å²) in [5.41, 5.74) is 2.01. The first-order chi connectivity index (χ1) is 11.9. The molecule has 0 unspecified atom stereocenters. The fourth-order valence-corrected chi connectivity index (χ4v) is 3.14. The molecule has 25 heavy (non-hydrogen) atoms. The predicted molar refractivity (Wildman–Crippen MR) is 89.0 cm³/mol. The third-order valence-corrected chi connectivity index (χ3v) is 4.49. The molecule has 1 atom stereocenters. The second-order valence-electron chi connectivity index (χ2n) is 6.20. The van der Waals surface area contributed by atoms with Crippen LogP contribution in [-0.2, 0) is 11.8 Å².